The second-order valence-corrected chi connectivity index (χ2v) is 6.26. The lowest BCUT2D eigenvalue weighted by atomic mass is 9.84. The van der Waals surface area contributed by atoms with Crippen molar-refractivity contribution in [3.05, 3.63) is 65.5 Å². The van der Waals surface area contributed by atoms with Crippen LogP contribution in [0.15, 0.2) is 48.7 Å². The van der Waals surface area contributed by atoms with Gasteiger partial charge in [-0.1, -0.05) is 44.9 Å². The molecule has 0 unspecified atom stereocenters. The summed E-state index contributed by atoms with van der Waals surface area (Å²) in [5, 5.41) is 8.97. The third kappa shape index (κ3) is 3.05. The molecule has 2 heterocycles. The number of nitrogens with zero attached hydrogens (tertiary/aromatic N) is 2. The van der Waals surface area contributed by atoms with Crippen molar-refractivity contribution in [2.45, 2.75) is 45.1 Å². The van der Waals surface area contributed by atoms with E-state index in [4.69, 9.17) is 10.00 Å². The number of nitriles is 1. The second kappa shape index (κ2) is 6.88. The SMILES string of the molecule is CCCC1(CCC)C=C(c2ccc(C#N)nc2)c2ccccc2O1. The zero-order valence-electron chi connectivity index (χ0n) is 14.2. The highest BCUT2D eigenvalue weighted by Crippen LogP contribution is 2.42. The summed E-state index contributed by atoms with van der Waals surface area (Å²) in [6, 6.07) is 14.0. The van der Waals surface area contributed by atoms with Gasteiger partial charge in [0.05, 0.1) is 0 Å². The van der Waals surface area contributed by atoms with Crippen LogP contribution in [0, 0.1) is 11.3 Å². The number of hydrogen-bond donors (Lipinski definition) is 0. The van der Waals surface area contributed by atoms with Crippen LogP contribution in [0.4, 0.5) is 0 Å². The predicted molar refractivity (Wildman–Crippen MR) is 95.6 cm³/mol. The van der Waals surface area contributed by atoms with Crippen molar-refractivity contribution in [2.24, 2.45) is 0 Å². The van der Waals surface area contributed by atoms with Crippen LogP contribution >= 0.6 is 0 Å². The van der Waals surface area contributed by atoms with Crippen LogP contribution < -0.4 is 4.74 Å². The average Bonchev–Trinajstić information content (AvgIpc) is 2.61. The number of hydrogen-bond acceptors (Lipinski definition) is 3. The molecular weight excluding hydrogens is 296 g/mol. The van der Waals surface area contributed by atoms with Gasteiger partial charge in [-0.3, -0.25) is 0 Å². The van der Waals surface area contributed by atoms with Crippen molar-refractivity contribution in [3.8, 4) is 11.8 Å². The molecule has 122 valence electrons. The van der Waals surface area contributed by atoms with Crippen molar-refractivity contribution >= 4 is 5.57 Å². The molecule has 1 aliphatic rings. The van der Waals surface area contributed by atoms with Gasteiger partial charge in [0.25, 0.3) is 0 Å². The summed E-state index contributed by atoms with van der Waals surface area (Å²) in [5.41, 5.74) is 3.44. The molecule has 1 aromatic carbocycles. The Labute approximate surface area is 143 Å². The van der Waals surface area contributed by atoms with Crippen LogP contribution in [-0.4, -0.2) is 10.6 Å². The topological polar surface area (TPSA) is 45.9 Å². The quantitative estimate of drug-likeness (QED) is 0.769. The average molecular weight is 318 g/mol. The largest absolute Gasteiger partial charge is 0.483 e. The van der Waals surface area contributed by atoms with Crippen molar-refractivity contribution < 1.29 is 4.74 Å². The number of fused-ring (bicyclic) bond motifs is 1. The molecule has 0 amide bonds. The number of rotatable bonds is 5. The van der Waals surface area contributed by atoms with Crippen molar-refractivity contribution in [3.63, 3.8) is 0 Å². The van der Waals surface area contributed by atoms with Gasteiger partial charge >= 0.3 is 0 Å². The van der Waals surface area contributed by atoms with E-state index < -0.39 is 0 Å². The van der Waals surface area contributed by atoms with Gasteiger partial charge in [-0.25, -0.2) is 4.98 Å². The van der Waals surface area contributed by atoms with Gasteiger partial charge in [0.15, 0.2) is 0 Å². The van der Waals surface area contributed by atoms with Crippen LogP contribution in [0.3, 0.4) is 0 Å². The monoisotopic (exact) mass is 318 g/mol. The van der Waals surface area contributed by atoms with E-state index >= 15 is 0 Å². The summed E-state index contributed by atoms with van der Waals surface area (Å²) < 4.78 is 6.45. The summed E-state index contributed by atoms with van der Waals surface area (Å²) in [7, 11) is 0. The minimum Gasteiger partial charge on any atom is -0.483 e. The summed E-state index contributed by atoms with van der Waals surface area (Å²) in [4.78, 5) is 4.24. The van der Waals surface area contributed by atoms with Gasteiger partial charge < -0.3 is 4.74 Å². The fourth-order valence-electron chi connectivity index (χ4n) is 3.44. The summed E-state index contributed by atoms with van der Waals surface area (Å²) in [6.45, 7) is 4.39. The van der Waals surface area contributed by atoms with Gasteiger partial charge in [0.2, 0.25) is 0 Å². The lowest BCUT2D eigenvalue weighted by Gasteiger charge is -2.37. The fraction of sp³-hybridized carbons (Fsp3) is 0.333. The Bertz CT molecular complexity index is 778. The molecule has 3 rings (SSSR count). The summed E-state index contributed by atoms with van der Waals surface area (Å²) >= 11 is 0. The number of ether oxygens (including phenoxy) is 1. The molecule has 0 fully saturated rings. The van der Waals surface area contributed by atoms with Gasteiger partial charge in [-0.15, -0.1) is 0 Å². The molecule has 1 aliphatic heterocycles. The van der Waals surface area contributed by atoms with Gasteiger partial charge in [-0.05, 0) is 42.7 Å². The first kappa shape index (κ1) is 16.3. The molecule has 2 aromatic rings. The Balaban J connectivity index is 2.13. The maximum absolute atomic E-state index is 8.97. The van der Waals surface area contributed by atoms with Crippen LogP contribution in [0.1, 0.15) is 56.4 Å². The molecule has 0 saturated carbocycles. The smallest absolute Gasteiger partial charge is 0.140 e. The molecule has 0 N–H and O–H groups in total. The number of para-hydroxylation sites is 1. The van der Waals surface area contributed by atoms with Crippen LogP contribution in [0.25, 0.3) is 5.57 Å². The Kier molecular flexibility index (Phi) is 4.66. The van der Waals surface area contributed by atoms with E-state index in [9.17, 15) is 0 Å². The van der Waals surface area contributed by atoms with E-state index in [1.807, 2.05) is 24.3 Å². The van der Waals surface area contributed by atoms with E-state index in [1.165, 1.54) is 0 Å². The van der Waals surface area contributed by atoms with Crippen molar-refractivity contribution in [2.75, 3.05) is 0 Å². The molecule has 3 heteroatoms. The standard InChI is InChI=1S/C21H22N2O/c1-3-11-21(12-4-2)13-19(16-9-10-17(14-22)23-15-16)18-7-5-6-8-20(18)24-21/h5-10,13,15H,3-4,11-12H2,1-2H3. The first-order chi connectivity index (χ1) is 11.7. The van der Waals surface area contributed by atoms with Crippen LogP contribution in [-0.2, 0) is 0 Å². The highest BCUT2D eigenvalue weighted by Gasteiger charge is 2.34. The highest BCUT2D eigenvalue weighted by atomic mass is 16.5. The molecule has 1 aromatic heterocycles. The lowest BCUT2D eigenvalue weighted by Crippen LogP contribution is -2.36. The Morgan fingerprint density at radius 3 is 2.46 bits per heavy atom. The maximum Gasteiger partial charge on any atom is 0.140 e. The molecule has 0 radical (unpaired) electrons. The zero-order chi connectivity index (χ0) is 17.0. The van der Waals surface area contributed by atoms with E-state index in [0.29, 0.717) is 5.69 Å². The third-order valence-corrected chi connectivity index (χ3v) is 4.43. The molecule has 0 atom stereocenters. The number of aromatic nitrogens is 1. The van der Waals surface area contributed by atoms with Gasteiger partial charge in [0.1, 0.15) is 23.1 Å². The van der Waals surface area contributed by atoms with E-state index in [-0.39, 0.29) is 5.60 Å². The molecule has 0 aliphatic carbocycles. The predicted octanol–water partition coefficient (Wildman–Crippen LogP) is 5.12. The van der Waals surface area contributed by atoms with Crippen molar-refractivity contribution in [1.82, 2.24) is 4.98 Å². The third-order valence-electron chi connectivity index (χ3n) is 4.43. The minimum absolute atomic E-state index is 0.263. The van der Waals surface area contributed by atoms with E-state index in [1.54, 1.807) is 12.3 Å². The maximum atomic E-state index is 8.97. The first-order valence-electron chi connectivity index (χ1n) is 8.59. The molecule has 0 bridgehead atoms. The minimum atomic E-state index is -0.263. The van der Waals surface area contributed by atoms with E-state index in [0.717, 1.165) is 48.1 Å². The van der Waals surface area contributed by atoms with Gasteiger partial charge in [-0.2, -0.15) is 5.26 Å². The fourth-order valence-corrected chi connectivity index (χ4v) is 3.44. The molecule has 24 heavy (non-hydrogen) atoms. The number of pyridine rings is 1. The normalized spacial score (nSPS) is 15.0. The molecule has 3 nitrogen and oxygen atoms in total. The molecule has 0 saturated heterocycles. The summed E-state index contributed by atoms with van der Waals surface area (Å²) in [5.74, 6) is 0.932. The zero-order valence-corrected chi connectivity index (χ0v) is 14.2. The molecule has 0 spiro atoms. The first-order valence-corrected chi connectivity index (χ1v) is 8.59. The van der Waals surface area contributed by atoms with Crippen molar-refractivity contribution in [1.29, 1.82) is 5.26 Å². The second-order valence-electron chi connectivity index (χ2n) is 6.26. The molecular formula is C21H22N2O. The van der Waals surface area contributed by atoms with Crippen LogP contribution in [0.5, 0.6) is 5.75 Å². The Morgan fingerprint density at radius 1 is 1.08 bits per heavy atom. The van der Waals surface area contributed by atoms with E-state index in [2.05, 4.69) is 37.0 Å². The lowest BCUT2D eigenvalue weighted by molar-refractivity contribution is 0.0950. The summed E-state index contributed by atoms with van der Waals surface area (Å²) in [6.07, 6.45) is 8.17. The Hall–Kier alpha value is -2.60. The number of benzene rings is 1. The van der Waals surface area contributed by atoms with Gasteiger partial charge in [0, 0.05) is 17.3 Å². The van der Waals surface area contributed by atoms with Crippen LogP contribution in [0.2, 0.25) is 0 Å². The highest BCUT2D eigenvalue weighted by molar-refractivity contribution is 5.84. The Morgan fingerprint density at radius 2 is 1.83 bits per heavy atom.